The summed E-state index contributed by atoms with van der Waals surface area (Å²) in [6.45, 7) is 7.39. The number of nitrogens with one attached hydrogen (secondary N) is 1. The van der Waals surface area contributed by atoms with Gasteiger partial charge in [0, 0.05) is 16.7 Å². The van der Waals surface area contributed by atoms with E-state index in [9.17, 15) is 9.00 Å². The maximum Gasteiger partial charge on any atom is 0.407 e. The Morgan fingerprint density at radius 3 is 2.40 bits per heavy atom. The van der Waals surface area contributed by atoms with Crippen LogP contribution in [0.2, 0.25) is 0 Å². The van der Waals surface area contributed by atoms with Gasteiger partial charge in [0.25, 0.3) is 0 Å². The Hall–Kier alpha value is -1.36. The van der Waals surface area contributed by atoms with Gasteiger partial charge in [0.1, 0.15) is 5.60 Å². The second kappa shape index (κ2) is 7.43. The van der Waals surface area contributed by atoms with Crippen molar-refractivity contribution in [3.05, 3.63) is 30.3 Å². The smallest absolute Gasteiger partial charge is 0.407 e. The SMILES string of the molecule is CC[C@H](CS(=O)c1ccccc1)NC(=O)OC(C)(C)C. The Kier molecular flexibility index (Phi) is 6.20. The van der Waals surface area contributed by atoms with Crippen LogP contribution in [-0.2, 0) is 15.5 Å². The molecule has 0 fully saturated rings. The molecule has 1 aromatic carbocycles. The molecule has 2 atom stereocenters. The molecule has 0 heterocycles. The standard InChI is InChI=1S/C15H23NO3S/c1-5-12(16-14(17)19-15(2,3)4)11-20(18)13-9-7-6-8-10-13/h6-10,12H,5,11H2,1-4H3,(H,16,17)/t12-,20?/m1/s1. The van der Waals surface area contributed by atoms with Crippen LogP contribution < -0.4 is 5.32 Å². The van der Waals surface area contributed by atoms with Gasteiger partial charge in [-0.1, -0.05) is 25.1 Å². The van der Waals surface area contributed by atoms with Crippen LogP contribution in [0.1, 0.15) is 34.1 Å². The number of rotatable bonds is 5. The summed E-state index contributed by atoms with van der Waals surface area (Å²) in [5.41, 5.74) is -0.527. The topological polar surface area (TPSA) is 55.4 Å². The second-order valence-electron chi connectivity index (χ2n) is 5.58. The molecule has 1 unspecified atom stereocenters. The van der Waals surface area contributed by atoms with Gasteiger partial charge in [-0.2, -0.15) is 0 Å². The maximum absolute atomic E-state index is 12.2. The van der Waals surface area contributed by atoms with E-state index in [4.69, 9.17) is 4.74 Å². The summed E-state index contributed by atoms with van der Waals surface area (Å²) in [6, 6.07) is 9.10. The van der Waals surface area contributed by atoms with E-state index in [0.29, 0.717) is 12.2 Å². The van der Waals surface area contributed by atoms with E-state index in [1.807, 2.05) is 58.0 Å². The molecule has 1 amide bonds. The van der Waals surface area contributed by atoms with Crippen molar-refractivity contribution in [3.8, 4) is 0 Å². The number of carbonyl (C=O) groups excluding carboxylic acids is 1. The van der Waals surface area contributed by atoms with E-state index in [2.05, 4.69) is 5.32 Å². The molecular weight excluding hydrogens is 274 g/mol. The lowest BCUT2D eigenvalue weighted by Crippen LogP contribution is -2.41. The fourth-order valence-corrected chi connectivity index (χ4v) is 2.92. The third-order valence-corrected chi connectivity index (χ3v) is 4.08. The fourth-order valence-electron chi connectivity index (χ4n) is 1.59. The van der Waals surface area contributed by atoms with Crippen molar-refractivity contribution in [2.45, 2.75) is 50.7 Å². The first-order valence-corrected chi connectivity index (χ1v) is 8.06. The number of ether oxygens (including phenoxy) is 1. The van der Waals surface area contributed by atoms with Gasteiger partial charge >= 0.3 is 6.09 Å². The monoisotopic (exact) mass is 297 g/mol. The molecule has 5 heteroatoms. The number of carbonyl (C=O) groups is 1. The highest BCUT2D eigenvalue weighted by Gasteiger charge is 2.20. The largest absolute Gasteiger partial charge is 0.444 e. The predicted octanol–water partition coefficient (Wildman–Crippen LogP) is 3.10. The van der Waals surface area contributed by atoms with Crippen LogP contribution in [0.15, 0.2) is 35.2 Å². The minimum absolute atomic E-state index is 0.161. The Labute approximate surface area is 123 Å². The Morgan fingerprint density at radius 2 is 1.90 bits per heavy atom. The molecule has 0 bridgehead atoms. The molecule has 0 saturated carbocycles. The van der Waals surface area contributed by atoms with Crippen molar-refractivity contribution in [1.82, 2.24) is 5.32 Å². The minimum atomic E-state index is -1.12. The Balaban J connectivity index is 2.55. The Morgan fingerprint density at radius 1 is 1.30 bits per heavy atom. The van der Waals surface area contributed by atoms with Crippen LogP contribution in [0, 0.1) is 0 Å². The number of benzene rings is 1. The van der Waals surface area contributed by atoms with E-state index >= 15 is 0 Å². The maximum atomic E-state index is 12.2. The molecule has 0 aromatic heterocycles. The van der Waals surface area contributed by atoms with E-state index in [0.717, 1.165) is 4.90 Å². The third kappa shape index (κ3) is 6.19. The summed E-state index contributed by atoms with van der Waals surface area (Å²) in [5, 5.41) is 2.77. The summed E-state index contributed by atoms with van der Waals surface area (Å²) in [5.74, 6) is 0.389. The third-order valence-electron chi connectivity index (χ3n) is 2.57. The van der Waals surface area contributed by atoms with Crippen molar-refractivity contribution in [2.24, 2.45) is 0 Å². The lowest BCUT2D eigenvalue weighted by atomic mass is 10.2. The molecule has 0 aliphatic carbocycles. The molecule has 1 N–H and O–H groups in total. The first-order chi connectivity index (χ1) is 9.31. The van der Waals surface area contributed by atoms with Crippen molar-refractivity contribution >= 4 is 16.9 Å². The zero-order chi connectivity index (χ0) is 15.2. The molecule has 0 radical (unpaired) electrons. The van der Waals surface area contributed by atoms with Gasteiger partial charge < -0.3 is 10.1 Å². The normalized spacial score (nSPS) is 14.4. The molecule has 0 spiro atoms. The Bertz CT molecular complexity index is 454. The summed E-state index contributed by atoms with van der Waals surface area (Å²) in [7, 11) is -1.12. The van der Waals surface area contributed by atoms with Gasteiger partial charge in [0.05, 0.1) is 10.8 Å². The van der Waals surface area contributed by atoms with E-state index in [1.54, 1.807) is 0 Å². The number of alkyl carbamates (subject to hydrolysis) is 1. The van der Waals surface area contributed by atoms with Gasteiger partial charge in [0.15, 0.2) is 0 Å². The first-order valence-electron chi connectivity index (χ1n) is 6.74. The second-order valence-corrected chi connectivity index (χ2v) is 7.07. The van der Waals surface area contributed by atoms with Gasteiger partial charge in [-0.15, -0.1) is 0 Å². The highest BCUT2D eigenvalue weighted by Crippen LogP contribution is 2.10. The molecule has 1 rings (SSSR count). The van der Waals surface area contributed by atoms with Crippen molar-refractivity contribution in [1.29, 1.82) is 0 Å². The predicted molar refractivity (Wildman–Crippen MR) is 81.2 cm³/mol. The van der Waals surface area contributed by atoms with Crippen LogP contribution in [0.25, 0.3) is 0 Å². The summed E-state index contributed by atoms with van der Waals surface area (Å²) in [4.78, 5) is 12.5. The summed E-state index contributed by atoms with van der Waals surface area (Å²) >= 11 is 0. The molecule has 112 valence electrons. The van der Waals surface area contributed by atoms with Gasteiger partial charge in [0.2, 0.25) is 0 Å². The summed E-state index contributed by atoms with van der Waals surface area (Å²) in [6.07, 6.45) is 0.243. The van der Waals surface area contributed by atoms with Crippen LogP contribution >= 0.6 is 0 Å². The van der Waals surface area contributed by atoms with Crippen LogP contribution in [0.4, 0.5) is 4.79 Å². The lowest BCUT2D eigenvalue weighted by molar-refractivity contribution is 0.0508. The minimum Gasteiger partial charge on any atom is -0.444 e. The van der Waals surface area contributed by atoms with Crippen LogP contribution in [0.5, 0.6) is 0 Å². The van der Waals surface area contributed by atoms with Crippen LogP contribution in [0.3, 0.4) is 0 Å². The zero-order valence-corrected chi connectivity index (χ0v) is 13.3. The molecular formula is C15H23NO3S. The number of amides is 1. The van der Waals surface area contributed by atoms with Crippen LogP contribution in [-0.4, -0.2) is 27.7 Å². The molecule has 20 heavy (non-hydrogen) atoms. The van der Waals surface area contributed by atoms with Crippen molar-refractivity contribution < 1.29 is 13.7 Å². The lowest BCUT2D eigenvalue weighted by Gasteiger charge is -2.22. The number of hydrogen-bond donors (Lipinski definition) is 1. The van der Waals surface area contributed by atoms with E-state index < -0.39 is 22.5 Å². The average molecular weight is 297 g/mol. The summed E-state index contributed by atoms with van der Waals surface area (Å²) < 4.78 is 17.4. The number of hydrogen-bond acceptors (Lipinski definition) is 3. The average Bonchev–Trinajstić information content (AvgIpc) is 2.36. The molecule has 0 saturated heterocycles. The molecule has 4 nitrogen and oxygen atoms in total. The highest BCUT2D eigenvalue weighted by atomic mass is 32.2. The first kappa shape index (κ1) is 16.7. The van der Waals surface area contributed by atoms with Crippen molar-refractivity contribution in [3.63, 3.8) is 0 Å². The molecule has 0 aliphatic heterocycles. The van der Waals surface area contributed by atoms with E-state index in [1.165, 1.54) is 0 Å². The fraction of sp³-hybridized carbons (Fsp3) is 0.533. The van der Waals surface area contributed by atoms with Gasteiger partial charge in [-0.25, -0.2) is 4.79 Å². The zero-order valence-electron chi connectivity index (χ0n) is 12.5. The molecule has 0 aliphatic rings. The van der Waals surface area contributed by atoms with Gasteiger partial charge in [-0.05, 0) is 39.3 Å². The quantitative estimate of drug-likeness (QED) is 0.908. The highest BCUT2D eigenvalue weighted by molar-refractivity contribution is 7.85. The molecule has 1 aromatic rings. The van der Waals surface area contributed by atoms with Crippen molar-refractivity contribution in [2.75, 3.05) is 5.75 Å². The van der Waals surface area contributed by atoms with Gasteiger partial charge in [-0.3, -0.25) is 4.21 Å². The van der Waals surface area contributed by atoms with E-state index in [-0.39, 0.29) is 6.04 Å².